The van der Waals surface area contributed by atoms with E-state index in [4.69, 9.17) is 10.00 Å². The Labute approximate surface area is 87.2 Å². The summed E-state index contributed by atoms with van der Waals surface area (Å²) in [7, 11) is 1.33. The fourth-order valence-corrected chi connectivity index (χ4v) is 0.971. The Bertz CT molecular complexity index is 384. The predicted molar refractivity (Wildman–Crippen MR) is 51.8 cm³/mol. The molecule has 0 radical (unpaired) electrons. The van der Waals surface area contributed by atoms with E-state index in [9.17, 15) is 4.79 Å². The summed E-state index contributed by atoms with van der Waals surface area (Å²) in [6, 6.07) is 8.65. The Morgan fingerprint density at radius 3 is 2.93 bits per heavy atom. The first kappa shape index (κ1) is 11.0. The molecule has 0 aliphatic carbocycles. The van der Waals surface area contributed by atoms with Gasteiger partial charge in [0.05, 0.1) is 12.7 Å². The third-order valence-corrected chi connectivity index (χ3v) is 1.58. The number of hydrogen-bond acceptors (Lipinski definition) is 4. The summed E-state index contributed by atoms with van der Waals surface area (Å²) in [5, 5.41) is 8.73. The number of carbonyl (C=O) groups is 1. The fraction of sp³-hybridized carbons (Fsp3) is 0.200. The number of nitrogens with zero attached hydrogens (tertiary/aromatic N) is 1. The Morgan fingerprint density at radius 1 is 1.53 bits per heavy atom. The Morgan fingerprint density at radius 2 is 2.27 bits per heavy atom. The van der Waals surface area contributed by atoms with E-state index in [1.807, 2.05) is 6.07 Å². The van der Waals surface area contributed by atoms with Crippen molar-refractivity contribution in [1.29, 1.82) is 5.26 Å². The zero-order valence-electron chi connectivity index (χ0n) is 8.19. The maximum absolute atomic E-state index is 11.0. The topological polar surface area (TPSA) is 71.3 Å². The van der Waals surface area contributed by atoms with E-state index in [1.54, 1.807) is 24.3 Å². The molecule has 0 saturated heterocycles. The molecule has 0 bridgehead atoms. The van der Waals surface area contributed by atoms with Gasteiger partial charge in [0.2, 0.25) is 0 Å². The van der Waals surface area contributed by atoms with Crippen LogP contribution in [0.1, 0.15) is 5.56 Å². The minimum Gasteiger partial charge on any atom is -0.482 e. The summed E-state index contributed by atoms with van der Waals surface area (Å²) in [6.07, 6.45) is 0. The van der Waals surface area contributed by atoms with Crippen LogP contribution in [0.4, 0.5) is 0 Å². The van der Waals surface area contributed by atoms with Crippen molar-refractivity contribution >= 4 is 5.91 Å². The van der Waals surface area contributed by atoms with E-state index in [0.29, 0.717) is 11.3 Å². The van der Waals surface area contributed by atoms with Crippen LogP contribution in [0.5, 0.6) is 5.75 Å². The first-order chi connectivity index (χ1) is 7.27. The van der Waals surface area contributed by atoms with Gasteiger partial charge in [0.1, 0.15) is 11.8 Å². The number of carbonyl (C=O) groups excluding carboxylic acids is 1. The Balaban J connectivity index is 2.58. The van der Waals surface area contributed by atoms with Crippen molar-refractivity contribution in [3.8, 4) is 11.8 Å². The van der Waals surface area contributed by atoms with Crippen molar-refractivity contribution in [2.24, 2.45) is 0 Å². The van der Waals surface area contributed by atoms with Crippen LogP contribution in [0.3, 0.4) is 0 Å². The van der Waals surface area contributed by atoms with E-state index in [1.165, 1.54) is 7.11 Å². The van der Waals surface area contributed by atoms with E-state index in [-0.39, 0.29) is 6.61 Å². The highest BCUT2D eigenvalue weighted by Gasteiger charge is 2.05. The largest absolute Gasteiger partial charge is 0.482 e. The molecule has 0 aromatic heterocycles. The summed E-state index contributed by atoms with van der Waals surface area (Å²) >= 11 is 0. The molecule has 1 aromatic carbocycles. The average molecular weight is 206 g/mol. The molecule has 5 nitrogen and oxygen atoms in total. The number of ether oxygens (including phenoxy) is 1. The molecule has 0 saturated carbocycles. The van der Waals surface area contributed by atoms with Crippen molar-refractivity contribution in [2.75, 3.05) is 13.7 Å². The second-order valence-electron chi connectivity index (χ2n) is 2.63. The maximum Gasteiger partial charge on any atom is 0.281 e. The SMILES string of the molecule is CONC(=O)COc1ccccc1C#N. The summed E-state index contributed by atoms with van der Waals surface area (Å²) in [6.45, 7) is -0.188. The zero-order valence-corrected chi connectivity index (χ0v) is 8.19. The standard InChI is InChI=1S/C10H10N2O3/c1-14-12-10(13)7-15-9-5-3-2-4-8(9)6-11/h2-5H,7H2,1H3,(H,12,13). The van der Waals surface area contributed by atoms with Gasteiger partial charge in [-0.3, -0.25) is 9.63 Å². The molecule has 1 aromatic rings. The van der Waals surface area contributed by atoms with Gasteiger partial charge >= 0.3 is 0 Å². The van der Waals surface area contributed by atoms with Crippen LogP contribution in [0.25, 0.3) is 0 Å². The molecule has 5 heteroatoms. The summed E-state index contributed by atoms with van der Waals surface area (Å²) in [5.41, 5.74) is 2.50. The molecule has 0 atom stereocenters. The molecule has 0 unspecified atom stereocenters. The van der Waals surface area contributed by atoms with Gasteiger partial charge in [0, 0.05) is 0 Å². The van der Waals surface area contributed by atoms with Crippen LogP contribution in [0.15, 0.2) is 24.3 Å². The molecule has 0 fully saturated rings. The fourth-order valence-electron chi connectivity index (χ4n) is 0.971. The lowest BCUT2D eigenvalue weighted by molar-refractivity contribution is -0.133. The van der Waals surface area contributed by atoms with Crippen LogP contribution in [0, 0.1) is 11.3 Å². The minimum absolute atomic E-state index is 0.188. The number of hydrogen-bond donors (Lipinski definition) is 1. The van der Waals surface area contributed by atoms with Crippen molar-refractivity contribution < 1.29 is 14.4 Å². The highest BCUT2D eigenvalue weighted by molar-refractivity contribution is 5.76. The zero-order chi connectivity index (χ0) is 11.1. The molecule has 1 amide bonds. The van der Waals surface area contributed by atoms with Gasteiger partial charge in [-0.05, 0) is 12.1 Å². The Hall–Kier alpha value is -2.06. The van der Waals surface area contributed by atoms with Crippen molar-refractivity contribution in [1.82, 2.24) is 5.48 Å². The van der Waals surface area contributed by atoms with Gasteiger partial charge in [-0.2, -0.15) is 5.26 Å². The second-order valence-corrected chi connectivity index (χ2v) is 2.63. The minimum atomic E-state index is -0.412. The molecular weight excluding hydrogens is 196 g/mol. The van der Waals surface area contributed by atoms with Crippen molar-refractivity contribution in [3.63, 3.8) is 0 Å². The molecule has 0 heterocycles. The summed E-state index contributed by atoms with van der Waals surface area (Å²) < 4.78 is 5.13. The monoisotopic (exact) mass is 206 g/mol. The Kier molecular flexibility index (Phi) is 4.13. The molecule has 0 spiro atoms. The third kappa shape index (κ3) is 3.29. The highest BCUT2D eigenvalue weighted by atomic mass is 16.6. The molecule has 1 N–H and O–H groups in total. The lowest BCUT2D eigenvalue weighted by atomic mass is 10.2. The average Bonchev–Trinajstić information content (AvgIpc) is 2.27. The molecular formula is C10H10N2O3. The molecule has 1 rings (SSSR count). The number of amides is 1. The van der Waals surface area contributed by atoms with Crippen LogP contribution >= 0.6 is 0 Å². The number of hydroxylamine groups is 1. The number of rotatable bonds is 4. The number of benzene rings is 1. The first-order valence-electron chi connectivity index (χ1n) is 4.21. The van der Waals surface area contributed by atoms with Crippen LogP contribution in [-0.4, -0.2) is 19.6 Å². The quantitative estimate of drug-likeness (QED) is 0.733. The van der Waals surface area contributed by atoms with Gasteiger partial charge < -0.3 is 4.74 Å². The van der Waals surface area contributed by atoms with Gasteiger partial charge in [-0.15, -0.1) is 0 Å². The smallest absolute Gasteiger partial charge is 0.281 e. The predicted octanol–water partition coefficient (Wildman–Crippen LogP) is 0.615. The number of para-hydroxylation sites is 1. The lowest BCUT2D eigenvalue weighted by Gasteiger charge is -2.06. The van der Waals surface area contributed by atoms with Gasteiger partial charge in [-0.25, -0.2) is 5.48 Å². The van der Waals surface area contributed by atoms with Gasteiger partial charge in [0.15, 0.2) is 6.61 Å². The molecule has 0 aliphatic heterocycles. The normalized spacial score (nSPS) is 9.07. The second kappa shape index (κ2) is 5.62. The van der Waals surface area contributed by atoms with Crippen molar-refractivity contribution in [2.45, 2.75) is 0 Å². The van der Waals surface area contributed by atoms with Crippen LogP contribution in [0.2, 0.25) is 0 Å². The molecule has 15 heavy (non-hydrogen) atoms. The maximum atomic E-state index is 11.0. The third-order valence-electron chi connectivity index (χ3n) is 1.58. The lowest BCUT2D eigenvalue weighted by Crippen LogP contribution is -2.27. The first-order valence-corrected chi connectivity index (χ1v) is 4.21. The highest BCUT2D eigenvalue weighted by Crippen LogP contribution is 2.15. The summed E-state index contributed by atoms with van der Waals surface area (Å²) in [5.74, 6) is -0.0310. The molecule has 78 valence electrons. The number of nitriles is 1. The van der Waals surface area contributed by atoms with E-state index in [0.717, 1.165) is 0 Å². The van der Waals surface area contributed by atoms with E-state index < -0.39 is 5.91 Å². The van der Waals surface area contributed by atoms with E-state index >= 15 is 0 Å². The van der Waals surface area contributed by atoms with E-state index in [2.05, 4.69) is 10.3 Å². The summed E-state index contributed by atoms with van der Waals surface area (Å²) in [4.78, 5) is 15.4. The van der Waals surface area contributed by atoms with Crippen LogP contribution in [-0.2, 0) is 9.63 Å². The van der Waals surface area contributed by atoms with Gasteiger partial charge in [0.25, 0.3) is 5.91 Å². The molecule has 0 aliphatic rings. The van der Waals surface area contributed by atoms with Crippen LogP contribution < -0.4 is 10.2 Å². The number of nitrogens with one attached hydrogen (secondary N) is 1. The van der Waals surface area contributed by atoms with Gasteiger partial charge in [-0.1, -0.05) is 12.1 Å². The van der Waals surface area contributed by atoms with Crippen molar-refractivity contribution in [3.05, 3.63) is 29.8 Å².